The molecular weight excluding hydrogens is 446 g/mol. The van der Waals surface area contributed by atoms with Crippen LogP contribution in [0.4, 0.5) is 4.79 Å². The molecule has 2 aromatic heterocycles. The van der Waals surface area contributed by atoms with Crippen LogP contribution < -0.4 is 0 Å². The van der Waals surface area contributed by atoms with E-state index in [0.29, 0.717) is 24.7 Å². The van der Waals surface area contributed by atoms with Crippen molar-refractivity contribution in [1.29, 1.82) is 0 Å². The Hall–Kier alpha value is -3.43. The Morgan fingerprint density at radius 3 is 2.42 bits per heavy atom. The Balaban J connectivity index is 1.40. The van der Waals surface area contributed by atoms with Gasteiger partial charge in [-0.1, -0.05) is 23.7 Å². The van der Waals surface area contributed by atoms with Gasteiger partial charge in [-0.05, 0) is 24.3 Å². The zero-order chi connectivity index (χ0) is 23.0. The molecule has 5 rings (SSSR count). The molecule has 170 valence electrons. The molecule has 0 aliphatic carbocycles. The van der Waals surface area contributed by atoms with Crippen LogP contribution in [0.25, 0.3) is 22.5 Å². The Morgan fingerprint density at radius 1 is 1.03 bits per heavy atom. The van der Waals surface area contributed by atoms with E-state index in [1.54, 1.807) is 23.6 Å². The third-order valence-electron chi connectivity index (χ3n) is 6.04. The summed E-state index contributed by atoms with van der Waals surface area (Å²) in [7, 11) is 0. The number of pyridine rings is 1. The number of likely N-dealkylation sites (tertiary alicyclic amines) is 1. The van der Waals surface area contributed by atoms with Gasteiger partial charge in [0.05, 0.1) is 44.0 Å². The van der Waals surface area contributed by atoms with Crippen LogP contribution in [0.15, 0.2) is 55.1 Å². The summed E-state index contributed by atoms with van der Waals surface area (Å²) in [6, 6.07) is 11.2. The van der Waals surface area contributed by atoms with Crippen molar-refractivity contribution in [2.24, 2.45) is 0 Å². The Morgan fingerprint density at radius 2 is 1.73 bits per heavy atom. The molecule has 10 heteroatoms. The highest BCUT2D eigenvalue weighted by atomic mass is 35.5. The number of carbonyl (C=O) groups is 2. The van der Waals surface area contributed by atoms with Crippen molar-refractivity contribution >= 4 is 23.6 Å². The van der Waals surface area contributed by atoms with Gasteiger partial charge in [0, 0.05) is 35.1 Å². The first-order chi connectivity index (χ1) is 15.9. The number of hydrogen-bond donors (Lipinski definition) is 1. The molecular formula is C23H22ClN5O4. The highest BCUT2D eigenvalue weighted by molar-refractivity contribution is 6.30. The minimum atomic E-state index is -0.970. The summed E-state index contributed by atoms with van der Waals surface area (Å²) in [5.74, 6) is -0.0678. The lowest BCUT2D eigenvalue weighted by Crippen LogP contribution is -2.71. The van der Waals surface area contributed by atoms with Gasteiger partial charge < -0.3 is 24.2 Å². The standard InChI is InChI=1S/C23H22ClN5O4/c24-18-3-1-16(2-4-18)20-21(17-5-7-25-8-6-17)28(15-26-20)11-19(30)27-9-10-33-23(12-27)13-29(14-23)22(31)32/h1-8,15H,9-14H2,(H,31,32). The van der Waals surface area contributed by atoms with Gasteiger partial charge in [-0.25, -0.2) is 9.78 Å². The third kappa shape index (κ3) is 4.17. The van der Waals surface area contributed by atoms with E-state index < -0.39 is 11.7 Å². The fourth-order valence-corrected chi connectivity index (χ4v) is 4.54. The zero-order valence-corrected chi connectivity index (χ0v) is 18.5. The van der Waals surface area contributed by atoms with E-state index in [-0.39, 0.29) is 25.5 Å². The van der Waals surface area contributed by atoms with Crippen LogP contribution in [0, 0.1) is 0 Å². The predicted octanol–water partition coefficient (Wildman–Crippen LogP) is 2.86. The van der Waals surface area contributed by atoms with Gasteiger partial charge in [0.2, 0.25) is 5.91 Å². The first-order valence-corrected chi connectivity index (χ1v) is 10.9. The minimum absolute atomic E-state index is 0.0678. The van der Waals surface area contributed by atoms with Crippen LogP contribution in [0.2, 0.25) is 5.02 Å². The number of nitrogens with zero attached hydrogens (tertiary/aromatic N) is 5. The fourth-order valence-electron chi connectivity index (χ4n) is 4.41. The Kier molecular flexibility index (Phi) is 5.51. The number of benzene rings is 1. The van der Waals surface area contributed by atoms with Crippen LogP contribution in [0.5, 0.6) is 0 Å². The van der Waals surface area contributed by atoms with Crippen LogP contribution >= 0.6 is 11.6 Å². The quantitative estimate of drug-likeness (QED) is 0.633. The summed E-state index contributed by atoms with van der Waals surface area (Å²) >= 11 is 6.05. The lowest BCUT2D eigenvalue weighted by Gasteiger charge is -2.52. The third-order valence-corrected chi connectivity index (χ3v) is 6.30. The number of carbonyl (C=O) groups excluding carboxylic acids is 1. The molecule has 2 amide bonds. The molecule has 4 heterocycles. The molecule has 0 unspecified atom stereocenters. The topological polar surface area (TPSA) is 101 Å². The summed E-state index contributed by atoms with van der Waals surface area (Å²) in [6.45, 7) is 1.89. The molecule has 2 aliphatic rings. The van der Waals surface area contributed by atoms with Gasteiger partial charge >= 0.3 is 6.09 Å². The normalized spacial score (nSPS) is 17.1. The number of hydrogen-bond acceptors (Lipinski definition) is 5. The molecule has 0 bridgehead atoms. The second-order valence-corrected chi connectivity index (χ2v) is 8.73. The number of amides is 2. The maximum absolute atomic E-state index is 13.2. The molecule has 1 spiro atoms. The number of imidazole rings is 1. The number of morpholine rings is 1. The van der Waals surface area contributed by atoms with Crippen LogP contribution in [0.1, 0.15) is 0 Å². The summed E-state index contributed by atoms with van der Waals surface area (Å²) in [4.78, 5) is 36.1. The lowest BCUT2D eigenvalue weighted by atomic mass is 9.92. The first-order valence-electron chi connectivity index (χ1n) is 10.6. The maximum Gasteiger partial charge on any atom is 0.407 e. The Bertz CT molecular complexity index is 1180. The van der Waals surface area contributed by atoms with E-state index in [0.717, 1.165) is 22.5 Å². The van der Waals surface area contributed by atoms with E-state index in [1.807, 2.05) is 41.0 Å². The zero-order valence-electron chi connectivity index (χ0n) is 17.7. The molecule has 0 radical (unpaired) electrons. The van der Waals surface area contributed by atoms with E-state index in [4.69, 9.17) is 21.4 Å². The molecule has 2 aliphatic heterocycles. The molecule has 0 atom stereocenters. The van der Waals surface area contributed by atoms with Gasteiger partial charge in [-0.3, -0.25) is 9.78 Å². The number of halogens is 1. The van der Waals surface area contributed by atoms with E-state index in [1.165, 1.54) is 4.90 Å². The summed E-state index contributed by atoms with van der Waals surface area (Å²) in [6.07, 6.45) is 4.11. The van der Waals surface area contributed by atoms with Crippen molar-refractivity contribution in [3.05, 3.63) is 60.1 Å². The van der Waals surface area contributed by atoms with Crippen molar-refractivity contribution < 1.29 is 19.4 Å². The van der Waals surface area contributed by atoms with Crippen LogP contribution in [0.3, 0.4) is 0 Å². The van der Waals surface area contributed by atoms with Crippen molar-refractivity contribution in [2.45, 2.75) is 12.1 Å². The largest absolute Gasteiger partial charge is 0.465 e. The first kappa shape index (κ1) is 21.4. The van der Waals surface area contributed by atoms with Crippen LogP contribution in [-0.2, 0) is 16.1 Å². The molecule has 0 saturated carbocycles. The summed E-state index contributed by atoms with van der Waals surface area (Å²) in [5, 5.41) is 9.77. The molecule has 1 N–H and O–H groups in total. The second kappa shape index (κ2) is 8.49. The van der Waals surface area contributed by atoms with Gasteiger partial charge in [0.1, 0.15) is 12.1 Å². The number of ether oxygens (including phenoxy) is 1. The monoisotopic (exact) mass is 467 g/mol. The molecule has 3 aromatic rings. The predicted molar refractivity (Wildman–Crippen MR) is 121 cm³/mol. The van der Waals surface area contributed by atoms with E-state index >= 15 is 0 Å². The number of carboxylic acid groups (broad SMARTS) is 1. The van der Waals surface area contributed by atoms with Crippen molar-refractivity contribution in [1.82, 2.24) is 24.3 Å². The highest BCUT2D eigenvalue weighted by Gasteiger charge is 2.50. The van der Waals surface area contributed by atoms with Gasteiger partial charge in [-0.2, -0.15) is 0 Å². The molecule has 2 saturated heterocycles. The molecule has 2 fully saturated rings. The summed E-state index contributed by atoms with van der Waals surface area (Å²) < 4.78 is 7.68. The Labute approximate surface area is 195 Å². The molecule has 33 heavy (non-hydrogen) atoms. The van der Waals surface area contributed by atoms with Gasteiger partial charge in [0.25, 0.3) is 0 Å². The summed E-state index contributed by atoms with van der Waals surface area (Å²) in [5.41, 5.74) is 2.75. The SMILES string of the molecule is O=C(O)N1CC2(C1)CN(C(=O)Cn1cnc(-c3ccc(Cl)cc3)c1-c1ccncc1)CCO2. The average molecular weight is 468 g/mol. The fraction of sp³-hybridized carbons (Fsp3) is 0.304. The van der Waals surface area contributed by atoms with Crippen molar-refractivity contribution in [3.8, 4) is 22.5 Å². The lowest BCUT2D eigenvalue weighted by molar-refractivity contribution is -0.181. The van der Waals surface area contributed by atoms with E-state index in [9.17, 15) is 9.59 Å². The molecule has 9 nitrogen and oxygen atoms in total. The minimum Gasteiger partial charge on any atom is -0.465 e. The van der Waals surface area contributed by atoms with Gasteiger partial charge in [-0.15, -0.1) is 0 Å². The maximum atomic E-state index is 13.2. The number of aromatic nitrogens is 3. The second-order valence-electron chi connectivity index (χ2n) is 8.30. The van der Waals surface area contributed by atoms with Crippen molar-refractivity contribution in [2.75, 3.05) is 32.8 Å². The highest BCUT2D eigenvalue weighted by Crippen LogP contribution is 2.33. The van der Waals surface area contributed by atoms with Crippen molar-refractivity contribution in [3.63, 3.8) is 0 Å². The molecule has 1 aromatic carbocycles. The smallest absolute Gasteiger partial charge is 0.407 e. The average Bonchev–Trinajstić information content (AvgIpc) is 3.21. The van der Waals surface area contributed by atoms with Gasteiger partial charge in [0.15, 0.2) is 0 Å². The number of rotatable bonds is 4. The van der Waals surface area contributed by atoms with E-state index in [2.05, 4.69) is 9.97 Å². The van der Waals surface area contributed by atoms with Crippen LogP contribution in [-0.4, -0.2) is 79.8 Å².